The van der Waals surface area contributed by atoms with Gasteiger partial charge in [0, 0.05) is 24.8 Å². The van der Waals surface area contributed by atoms with Crippen molar-refractivity contribution >= 4 is 37.8 Å². The van der Waals surface area contributed by atoms with E-state index in [0.717, 1.165) is 44.6 Å². The van der Waals surface area contributed by atoms with Crippen molar-refractivity contribution < 1.29 is 4.79 Å². The first kappa shape index (κ1) is 20.8. The van der Waals surface area contributed by atoms with E-state index < -0.39 is 0 Å². The highest BCUT2D eigenvalue weighted by atomic mass is 79.9. The van der Waals surface area contributed by atoms with Crippen LogP contribution in [0, 0.1) is 20.8 Å². The lowest BCUT2D eigenvalue weighted by Gasteiger charge is -2.08. The first-order chi connectivity index (χ1) is 13.3. The second-order valence-electron chi connectivity index (χ2n) is 6.77. The molecule has 0 spiro atoms. The van der Waals surface area contributed by atoms with E-state index in [1.54, 1.807) is 0 Å². The van der Waals surface area contributed by atoms with Gasteiger partial charge in [-0.25, -0.2) is 0 Å². The largest absolute Gasteiger partial charge is 0.352 e. The molecule has 2 aromatic heterocycles. The average Bonchev–Trinajstić information content (AvgIpc) is 3.12. The number of carbonyl (C=O) groups excluding carboxylic acids is 1. The van der Waals surface area contributed by atoms with Crippen LogP contribution in [0.4, 0.5) is 0 Å². The molecule has 0 saturated heterocycles. The minimum Gasteiger partial charge on any atom is -0.352 e. The van der Waals surface area contributed by atoms with Crippen LogP contribution in [0.5, 0.6) is 0 Å². The first-order valence-corrected chi connectivity index (χ1v) is 10.7. The van der Waals surface area contributed by atoms with Crippen LogP contribution < -0.4 is 5.32 Å². The smallest absolute Gasteiger partial charge is 0.251 e. The lowest BCUT2D eigenvalue weighted by atomic mass is 10.1. The van der Waals surface area contributed by atoms with Gasteiger partial charge < -0.3 is 5.32 Å². The van der Waals surface area contributed by atoms with Crippen LogP contribution in [-0.4, -0.2) is 32.0 Å². The highest BCUT2D eigenvalue weighted by Gasteiger charge is 2.10. The third-order valence-electron chi connectivity index (χ3n) is 4.58. The van der Waals surface area contributed by atoms with Crippen LogP contribution in [0.1, 0.15) is 39.4 Å². The summed E-state index contributed by atoms with van der Waals surface area (Å²) in [6, 6.07) is 7.67. The standard InChI is InChI=1S/C20H23Br2N5O/c1-13-18(21)12-26(24-13)10-4-9-23-20(28)17-7-5-16(6-8-17)11-27-15(3)19(22)14(2)25-27/h5-8,12H,4,9-11H2,1-3H3,(H,23,28). The summed E-state index contributed by atoms with van der Waals surface area (Å²) in [7, 11) is 0. The lowest BCUT2D eigenvalue weighted by molar-refractivity contribution is 0.0952. The van der Waals surface area contributed by atoms with Crippen molar-refractivity contribution in [2.24, 2.45) is 0 Å². The number of nitrogens with zero attached hydrogens (tertiary/aromatic N) is 4. The molecule has 0 aliphatic carbocycles. The zero-order valence-corrected chi connectivity index (χ0v) is 19.3. The van der Waals surface area contributed by atoms with Gasteiger partial charge in [0.05, 0.1) is 32.6 Å². The minimum atomic E-state index is -0.0572. The SMILES string of the molecule is Cc1nn(CCCNC(=O)c2ccc(Cn3nc(C)c(Br)c3C)cc2)cc1Br. The predicted molar refractivity (Wildman–Crippen MR) is 117 cm³/mol. The van der Waals surface area contributed by atoms with Crippen molar-refractivity contribution in [3.8, 4) is 0 Å². The van der Waals surface area contributed by atoms with Gasteiger partial charge in [-0.05, 0) is 76.7 Å². The molecular formula is C20H23Br2N5O. The molecule has 28 heavy (non-hydrogen) atoms. The number of benzene rings is 1. The maximum Gasteiger partial charge on any atom is 0.251 e. The summed E-state index contributed by atoms with van der Waals surface area (Å²) in [4.78, 5) is 12.3. The van der Waals surface area contributed by atoms with Crippen molar-refractivity contribution in [2.75, 3.05) is 6.54 Å². The van der Waals surface area contributed by atoms with Crippen molar-refractivity contribution in [1.29, 1.82) is 0 Å². The predicted octanol–water partition coefficient (Wildman–Crippen LogP) is 4.40. The molecule has 1 aromatic carbocycles. The van der Waals surface area contributed by atoms with Crippen LogP contribution in [0.15, 0.2) is 39.4 Å². The second kappa shape index (κ2) is 9.05. The third kappa shape index (κ3) is 4.91. The van der Waals surface area contributed by atoms with E-state index in [9.17, 15) is 4.79 Å². The van der Waals surface area contributed by atoms with Crippen molar-refractivity contribution in [3.05, 3.63) is 67.6 Å². The minimum absolute atomic E-state index is 0.0572. The number of amides is 1. The maximum atomic E-state index is 12.3. The molecule has 0 saturated carbocycles. The molecule has 3 aromatic rings. The Hall–Kier alpha value is -1.93. The van der Waals surface area contributed by atoms with Gasteiger partial charge in [0.2, 0.25) is 0 Å². The van der Waals surface area contributed by atoms with Crippen LogP contribution in [0.2, 0.25) is 0 Å². The van der Waals surface area contributed by atoms with Gasteiger partial charge in [0.25, 0.3) is 5.91 Å². The zero-order valence-electron chi connectivity index (χ0n) is 16.2. The molecule has 0 bridgehead atoms. The number of rotatable bonds is 7. The molecule has 8 heteroatoms. The fourth-order valence-corrected chi connectivity index (χ4v) is 3.52. The highest BCUT2D eigenvalue weighted by molar-refractivity contribution is 9.10. The Morgan fingerprint density at radius 3 is 2.36 bits per heavy atom. The second-order valence-corrected chi connectivity index (χ2v) is 8.42. The monoisotopic (exact) mass is 507 g/mol. The molecule has 1 N–H and O–H groups in total. The molecule has 0 fully saturated rings. The molecule has 6 nitrogen and oxygen atoms in total. The van der Waals surface area contributed by atoms with Gasteiger partial charge in [-0.3, -0.25) is 14.2 Å². The molecule has 0 radical (unpaired) electrons. The molecule has 148 valence electrons. The average molecular weight is 509 g/mol. The van der Waals surface area contributed by atoms with Gasteiger partial charge in [-0.1, -0.05) is 12.1 Å². The van der Waals surface area contributed by atoms with Crippen LogP contribution >= 0.6 is 31.9 Å². The van der Waals surface area contributed by atoms with E-state index in [0.29, 0.717) is 18.7 Å². The normalized spacial score (nSPS) is 11.0. The van der Waals surface area contributed by atoms with Gasteiger partial charge in [-0.2, -0.15) is 10.2 Å². The lowest BCUT2D eigenvalue weighted by Crippen LogP contribution is -2.25. The molecule has 3 rings (SSSR count). The summed E-state index contributed by atoms with van der Waals surface area (Å²) >= 11 is 7.00. The number of aryl methyl sites for hydroxylation is 3. The summed E-state index contributed by atoms with van der Waals surface area (Å²) in [5, 5.41) is 11.9. The number of hydrogen-bond donors (Lipinski definition) is 1. The van der Waals surface area contributed by atoms with E-state index in [4.69, 9.17) is 0 Å². The Balaban J connectivity index is 1.49. The number of carbonyl (C=O) groups is 1. The van der Waals surface area contributed by atoms with Crippen LogP contribution in [-0.2, 0) is 13.1 Å². The Bertz CT molecular complexity index is 956. The Morgan fingerprint density at radius 1 is 1.07 bits per heavy atom. The Labute approximate surface area is 181 Å². The summed E-state index contributed by atoms with van der Waals surface area (Å²) in [6.07, 6.45) is 2.78. The summed E-state index contributed by atoms with van der Waals surface area (Å²) in [6.45, 7) is 8.03. The van der Waals surface area contributed by atoms with E-state index in [2.05, 4.69) is 47.4 Å². The van der Waals surface area contributed by atoms with Gasteiger partial charge in [0.1, 0.15) is 0 Å². The molecule has 0 aliphatic heterocycles. The van der Waals surface area contributed by atoms with Crippen molar-refractivity contribution in [2.45, 2.75) is 40.3 Å². The van der Waals surface area contributed by atoms with E-state index >= 15 is 0 Å². The number of nitrogens with one attached hydrogen (secondary N) is 1. The first-order valence-electron chi connectivity index (χ1n) is 9.11. The summed E-state index contributed by atoms with van der Waals surface area (Å²) < 4.78 is 5.90. The maximum absolute atomic E-state index is 12.3. The zero-order chi connectivity index (χ0) is 20.3. The van der Waals surface area contributed by atoms with Gasteiger partial charge in [-0.15, -0.1) is 0 Å². The van der Waals surface area contributed by atoms with Gasteiger partial charge in [0.15, 0.2) is 0 Å². The van der Waals surface area contributed by atoms with Crippen molar-refractivity contribution in [1.82, 2.24) is 24.9 Å². The fourth-order valence-electron chi connectivity index (χ4n) is 2.92. The summed E-state index contributed by atoms with van der Waals surface area (Å²) in [5.74, 6) is -0.0572. The topological polar surface area (TPSA) is 64.7 Å². The number of hydrogen-bond acceptors (Lipinski definition) is 3. The van der Waals surface area contributed by atoms with E-state index in [1.165, 1.54) is 0 Å². The van der Waals surface area contributed by atoms with Crippen LogP contribution in [0.25, 0.3) is 0 Å². The Kier molecular flexibility index (Phi) is 6.72. The van der Waals surface area contributed by atoms with Gasteiger partial charge >= 0.3 is 0 Å². The van der Waals surface area contributed by atoms with E-state index in [-0.39, 0.29) is 5.91 Å². The molecular weight excluding hydrogens is 486 g/mol. The molecule has 0 atom stereocenters. The fraction of sp³-hybridized carbons (Fsp3) is 0.350. The molecule has 1 amide bonds. The molecule has 0 aliphatic rings. The summed E-state index contributed by atoms with van der Waals surface area (Å²) in [5.41, 5.74) is 4.81. The third-order valence-corrected chi connectivity index (χ3v) is 6.50. The quantitative estimate of drug-likeness (QED) is 0.481. The van der Waals surface area contributed by atoms with Crippen molar-refractivity contribution in [3.63, 3.8) is 0 Å². The Morgan fingerprint density at radius 2 is 1.79 bits per heavy atom. The molecule has 0 unspecified atom stereocenters. The number of aromatic nitrogens is 4. The molecule has 2 heterocycles. The van der Waals surface area contributed by atoms with Crippen LogP contribution in [0.3, 0.4) is 0 Å². The number of halogens is 2. The highest BCUT2D eigenvalue weighted by Crippen LogP contribution is 2.20. The van der Waals surface area contributed by atoms with E-state index in [1.807, 2.05) is 60.6 Å².